The van der Waals surface area contributed by atoms with Gasteiger partial charge < -0.3 is 0 Å². The molecule has 0 aliphatic heterocycles. The second-order valence-corrected chi connectivity index (χ2v) is 63.1. The maximum atomic E-state index is 8.68. The van der Waals surface area contributed by atoms with Crippen molar-refractivity contribution in [2.24, 2.45) is 0 Å². The van der Waals surface area contributed by atoms with Gasteiger partial charge in [-0.3, -0.25) is 0 Å². The molecule has 0 heterocycles. The monoisotopic (exact) mass is 774 g/mol. The third-order valence-electron chi connectivity index (χ3n) is 9.24. The average molecular weight is 774 g/mol. The first-order valence-electron chi connectivity index (χ1n) is 15.0. The van der Waals surface area contributed by atoms with Crippen molar-refractivity contribution in [3.05, 3.63) is 144 Å². The molecule has 0 fully saturated rings. The van der Waals surface area contributed by atoms with Crippen molar-refractivity contribution < 1.29 is 14.8 Å². The van der Waals surface area contributed by atoms with Crippen molar-refractivity contribution in [3.63, 3.8) is 0 Å². The van der Waals surface area contributed by atoms with E-state index in [-0.39, 0.29) is 18.2 Å². The fourth-order valence-electron chi connectivity index (χ4n) is 6.97. The van der Waals surface area contributed by atoms with Gasteiger partial charge in [-0.2, -0.15) is 0 Å². The first-order valence-corrected chi connectivity index (χ1v) is 34.9. The second-order valence-electron chi connectivity index (χ2n) is 14.1. The van der Waals surface area contributed by atoms with Crippen LogP contribution in [0.4, 0.5) is 0 Å². The summed E-state index contributed by atoms with van der Waals surface area (Å²) in [7, 11) is 17.4. The van der Waals surface area contributed by atoms with Crippen LogP contribution in [0.25, 0.3) is 11.1 Å². The summed E-state index contributed by atoms with van der Waals surface area (Å²) in [5.74, 6) is 0. The van der Waals surface area contributed by atoms with Crippen LogP contribution >= 0.6 is 17.2 Å². The van der Waals surface area contributed by atoms with Crippen LogP contribution in [0.1, 0.15) is 67.5 Å². The molecule has 0 saturated carbocycles. The zero-order valence-corrected chi connectivity index (χ0v) is 31.6. The van der Waals surface area contributed by atoms with Crippen LogP contribution in [0, 0.1) is 0 Å². The predicted octanol–water partition coefficient (Wildman–Crippen LogP) is 10.1. The number of rotatable bonds is 4. The normalized spacial score (nSPS) is 15.6. The second kappa shape index (κ2) is 10.6. The van der Waals surface area contributed by atoms with Gasteiger partial charge in [0.1, 0.15) is 0 Å². The third-order valence-corrected chi connectivity index (χ3v) is 62.4. The minimum absolute atomic E-state index is 0.0231. The van der Waals surface area contributed by atoms with Gasteiger partial charge in [-0.15, -0.1) is 0 Å². The molecule has 0 aromatic heterocycles. The van der Waals surface area contributed by atoms with E-state index in [2.05, 4.69) is 163 Å². The number of hydrogen-bond donors (Lipinski definition) is 0. The maximum absolute atomic E-state index is 8.68. The van der Waals surface area contributed by atoms with E-state index in [0.717, 1.165) is 0 Å². The van der Waals surface area contributed by atoms with E-state index in [1.54, 1.807) is 0 Å². The standard InChI is InChI=1S/C21H25.C12H10Si.C5H5.2ClH.Hf/c1-20(2,3)16-9-7-14-11-15-8-10-17(21(4,5)6)13-19(15)18(14)12-16;1-3-7-11(8-4-1)13-12-9-5-2-6-10-12;1-2-4-5-3-1;;;/h7-13H,1-6H3;1-10H;1-5H;2*1H;/q;;;;;+2/p-2. The van der Waals surface area contributed by atoms with Gasteiger partial charge in [-0.05, 0) is 0 Å². The Hall–Kier alpha value is -1.97. The van der Waals surface area contributed by atoms with Gasteiger partial charge in [0.2, 0.25) is 0 Å². The molecule has 0 saturated heterocycles. The van der Waals surface area contributed by atoms with Crippen molar-refractivity contribution in [2.45, 2.75) is 59.7 Å². The molecule has 0 unspecified atom stereocenters. The topological polar surface area (TPSA) is 0 Å². The molecule has 0 bridgehead atoms. The molecule has 4 heteroatoms. The first-order chi connectivity index (χ1) is 19.8. The molecule has 0 spiro atoms. The average Bonchev–Trinajstić information content (AvgIpc) is 3.61. The molecule has 0 radical (unpaired) electrons. The summed E-state index contributed by atoms with van der Waals surface area (Å²) in [6, 6.07) is 36.1. The molecule has 0 amide bonds. The molecule has 2 aliphatic rings. The van der Waals surface area contributed by atoms with Crippen molar-refractivity contribution in [3.8, 4) is 11.1 Å². The molecular formula is C38H40Cl2HfSi. The Morgan fingerprint density at radius 3 is 1.36 bits per heavy atom. The summed E-state index contributed by atoms with van der Waals surface area (Å²) in [4.78, 5) is 0. The van der Waals surface area contributed by atoms with Crippen LogP contribution in [0.15, 0.2) is 121 Å². The molecule has 4 aromatic rings. The zero-order valence-electron chi connectivity index (χ0n) is 25.5. The molecule has 2 aliphatic carbocycles. The SMILES string of the molecule is CC(C)(C)c1ccc2c(c1)-c1cc(C(C)(C)C)ccc1[CH]2[Hf]([Cl])([Cl])([CH]1C=CC=C1)=[Si](c1ccccc1)c1ccccc1. The third kappa shape index (κ3) is 4.91. The van der Waals surface area contributed by atoms with Crippen LogP contribution < -0.4 is 10.4 Å². The van der Waals surface area contributed by atoms with Gasteiger partial charge >= 0.3 is 262 Å². The number of allylic oxidation sites excluding steroid dienone is 4. The molecule has 214 valence electrons. The van der Waals surface area contributed by atoms with Gasteiger partial charge in [0, 0.05) is 0 Å². The summed E-state index contributed by atoms with van der Waals surface area (Å²) < 4.78 is 0.0121. The Kier molecular flexibility index (Phi) is 7.58. The molecular weight excluding hydrogens is 734 g/mol. The number of halogens is 2. The van der Waals surface area contributed by atoms with E-state index < -0.39 is 20.3 Å². The molecule has 0 N–H and O–H groups in total. The van der Waals surface area contributed by atoms with Gasteiger partial charge in [0.05, 0.1) is 0 Å². The molecule has 0 atom stereocenters. The van der Waals surface area contributed by atoms with Crippen molar-refractivity contribution in [2.75, 3.05) is 0 Å². The molecule has 0 nitrogen and oxygen atoms in total. The van der Waals surface area contributed by atoms with Gasteiger partial charge in [0.15, 0.2) is 0 Å². The molecule has 42 heavy (non-hydrogen) atoms. The van der Waals surface area contributed by atoms with Crippen LogP contribution in [-0.2, 0) is 25.6 Å². The zero-order chi connectivity index (χ0) is 29.9. The number of hydrogen-bond acceptors (Lipinski definition) is 0. The van der Waals surface area contributed by atoms with E-state index in [1.165, 1.54) is 43.8 Å². The van der Waals surface area contributed by atoms with Gasteiger partial charge in [0.25, 0.3) is 0 Å². The van der Waals surface area contributed by atoms with E-state index in [0.29, 0.717) is 0 Å². The summed E-state index contributed by atoms with van der Waals surface area (Å²) in [6.07, 6.45) is 8.92. The van der Waals surface area contributed by atoms with Crippen molar-refractivity contribution in [1.82, 2.24) is 0 Å². The van der Waals surface area contributed by atoms with Crippen LogP contribution in [-0.4, -0.2) is 5.49 Å². The Bertz CT molecular complexity index is 1680. The Morgan fingerprint density at radius 1 is 0.571 bits per heavy atom. The molecule has 4 aromatic carbocycles. The fraction of sp³-hybridized carbons (Fsp3) is 0.263. The predicted molar refractivity (Wildman–Crippen MR) is 183 cm³/mol. The van der Waals surface area contributed by atoms with Gasteiger partial charge in [-0.1, -0.05) is 0 Å². The van der Waals surface area contributed by atoms with Crippen molar-refractivity contribution >= 4 is 33.0 Å². The van der Waals surface area contributed by atoms with E-state index in [1.807, 2.05) is 0 Å². The van der Waals surface area contributed by atoms with Crippen LogP contribution in [0.5, 0.6) is 0 Å². The van der Waals surface area contributed by atoms with Gasteiger partial charge in [-0.25, -0.2) is 0 Å². The van der Waals surface area contributed by atoms with E-state index >= 15 is 0 Å². The first kappa shape index (κ1) is 30.1. The summed E-state index contributed by atoms with van der Waals surface area (Å²) >= 11 is -5.24. The summed E-state index contributed by atoms with van der Waals surface area (Å²) in [5, 5.41) is 2.60. The summed E-state index contributed by atoms with van der Waals surface area (Å²) in [6.45, 7) is 13.8. The number of benzene rings is 4. The van der Waals surface area contributed by atoms with Crippen LogP contribution in [0.3, 0.4) is 0 Å². The fourth-order valence-corrected chi connectivity index (χ4v) is 64.0. The van der Waals surface area contributed by atoms with Crippen molar-refractivity contribution in [1.29, 1.82) is 0 Å². The Balaban J connectivity index is 1.80. The summed E-state index contributed by atoms with van der Waals surface area (Å²) in [5.41, 5.74) is 6.39. The van der Waals surface area contributed by atoms with E-state index in [4.69, 9.17) is 17.2 Å². The minimum atomic E-state index is -5.24. The van der Waals surface area contributed by atoms with Crippen LogP contribution in [0.2, 0.25) is 3.67 Å². The Labute approximate surface area is 260 Å². The van der Waals surface area contributed by atoms with E-state index in [9.17, 15) is 0 Å². The quantitative estimate of drug-likeness (QED) is 0.181. The molecule has 6 rings (SSSR count). The number of fused-ring (bicyclic) bond motifs is 3. The Morgan fingerprint density at radius 2 is 0.976 bits per heavy atom.